The topological polar surface area (TPSA) is 307 Å². The molecular weight excluding hydrogens is 1280 g/mol. The van der Waals surface area contributed by atoms with E-state index in [4.69, 9.17) is 9.97 Å². The van der Waals surface area contributed by atoms with E-state index in [1.54, 1.807) is 66.0 Å². The van der Waals surface area contributed by atoms with Crippen molar-refractivity contribution in [3.05, 3.63) is 58.2 Å². The standard InChI is InChI=1S/C53H86N10O12.2Gd/c1-7-42(48(64)65)58-19-23-60(44(9-3)50(68)69)31-38-27-36(28-39(56-38)32-61(24-20-58)45(10-4)51(70)71)15-13-17-54-35-55-18-14-16-37-29-40-33-62(46(11-5)52(72)73)25-21-59(43(8-2)49(66)67)22-26-63(34-41(30-37)57-40)47(12-6)53(74)75;;/h27-30,42-47,54-55H,7-26,31-35H2,1-6H3,(H,64,65)(H,66,67)(H,68,69)(H,70,71)(H,72,73)(H,74,75);;/q;2*+3/p-5. The summed E-state index contributed by atoms with van der Waals surface area (Å²) in [5.74, 6) is -7.20. The van der Waals surface area contributed by atoms with Gasteiger partial charge in [0.25, 0.3) is 0 Å². The van der Waals surface area contributed by atoms with Gasteiger partial charge in [0.05, 0.1) is 52.6 Å². The van der Waals surface area contributed by atoms with E-state index in [1.807, 2.05) is 29.2 Å². The van der Waals surface area contributed by atoms with Gasteiger partial charge in [0.15, 0.2) is 0 Å². The number of hydrogen-bond donors (Lipinski definition) is 3. The molecule has 4 rings (SSSR count). The van der Waals surface area contributed by atoms with Crippen molar-refractivity contribution < 1.29 is 139 Å². The summed E-state index contributed by atoms with van der Waals surface area (Å²) < 4.78 is 0. The van der Waals surface area contributed by atoms with E-state index in [0.29, 0.717) is 61.8 Å². The van der Waals surface area contributed by atoms with Crippen molar-refractivity contribution in [3.63, 3.8) is 0 Å². The van der Waals surface area contributed by atoms with Gasteiger partial charge in [0.1, 0.15) is 6.04 Å². The van der Waals surface area contributed by atoms with Crippen LogP contribution in [-0.2, 0) is 67.8 Å². The third-order valence-electron chi connectivity index (χ3n) is 14.6. The maximum Gasteiger partial charge on any atom is 3.00 e. The molecule has 4 bridgehead atoms. The third-order valence-corrected chi connectivity index (χ3v) is 14.6. The number of nitrogens with zero attached hydrogens (tertiary/aromatic N) is 8. The molecule has 0 spiro atoms. The van der Waals surface area contributed by atoms with E-state index in [0.717, 1.165) is 24.0 Å². The fraction of sp³-hybridized carbons (Fsp3) is 0.698. The Bertz CT molecular complexity index is 1930. The normalized spacial score (nSPS) is 18.5. The number of aryl methyl sites for hydroxylation is 2. The van der Waals surface area contributed by atoms with Crippen LogP contribution >= 0.6 is 0 Å². The number of pyridine rings is 2. The molecule has 2 aromatic rings. The van der Waals surface area contributed by atoms with Gasteiger partial charge in [-0.05, 0) is 113 Å². The molecule has 0 amide bonds. The molecule has 4 heterocycles. The first-order valence-electron chi connectivity index (χ1n) is 27.0. The van der Waals surface area contributed by atoms with Gasteiger partial charge >= 0.3 is 85.9 Å². The number of aromatic nitrogens is 2. The molecule has 2 aliphatic heterocycles. The van der Waals surface area contributed by atoms with Gasteiger partial charge in [-0.3, -0.25) is 44.2 Å². The van der Waals surface area contributed by atoms with Crippen LogP contribution in [0.5, 0.6) is 0 Å². The number of carboxylic acids is 6. The fourth-order valence-electron chi connectivity index (χ4n) is 10.7. The molecule has 2 aromatic heterocycles. The van der Waals surface area contributed by atoms with Crippen LogP contribution in [0.15, 0.2) is 24.3 Å². The largest absolute Gasteiger partial charge is 3.00 e. The Labute approximate surface area is 518 Å². The number of carbonyl (C=O) groups is 6. The van der Waals surface area contributed by atoms with E-state index in [9.17, 15) is 59.4 Å². The van der Waals surface area contributed by atoms with Crippen LogP contribution < -0.4 is 36.2 Å². The molecular formula is C53H81Gd2N10O12+. The quantitative estimate of drug-likeness (QED) is 0.0551. The van der Waals surface area contributed by atoms with Gasteiger partial charge in [-0.15, -0.1) is 0 Å². The summed E-state index contributed by atoms with van der Waals surface area (Å²) in [5, 5.41) is 78.6. The monoisotopic (exact) mass is 1370 g/mol. The summed E-state index contributed by atoms with van der Waals surface area (Å²) in [6, 6.07) is 2.19. The molecule has 0 aliphatic carbocycles. The fourth-order valence-corrected chi connectivity index (χ4v) is 10.7. The number of rotatable bonds is 28. The predicted octanol–water partition coefficient (Wildman–Crippen LogP) is -3.48. The Morgan fingerprint density at radius 2 is 0.675 bits per heavy atom. The summed E-state index contributed by atoms with van der Waals surface area (Å²) in [4.78, 5) is 94.4. The van der Waals surface area contributed by atoms with Crippen molar-refractivity contribution in [2.45, 2.75) is 168 Å². The molecule has 0 fully saturated rings. The van der Waals surface area contributed by atoms with Gasteiger partial charge in [0, 0.05) is 115 Å². The summed E-state index contributed by atoms with van der Waals surface area (Å²) in [7, 11) is 0. The van der Waals surface area contributed by atoms with Gasteiger partial charge in [0.2, 0.25) is 0 Å². The first-order valence-corrected chi connectivity index (χ1v) is 27.0. The predicted molar refractivity (Wildman–Crippen MR) is 268 cm³/mol. The van der Waals surface area contributed by atoms with Crippen LogP contribution in [0.25, 0.3) is 0 Å². The van der Waals surface area contributed by atoms with Crippen molar-refractivity contribution in [2.24, 2.45) is 0 Å². The van der Waals surface area contributed by atoms with E-state index in [2.05, 4.69) is 10.6 Å². The molecule has 2 radical (unpaired) electrons. The van der Waals surface area contributed by atoms with Crippen molar-refractivity contribution in [1.29, 1.82) is 0 Å². The molecule has 22 nitrogen and oxygen atoms in total. The molecule has 77 heavy (non-hydrogen) atoms. The second-order valence-electron chi connectivity index (χ2n) is 19.7. The van der Waals surface area contributed by atoms with Gasteiger partial charge in [-0.1, -0.05) is 41.5 Å². The van der Waals surface area contributed by atoms with Gasteiger partial charge in [-0.25, -0.2) is 0 Å². The summed E-state index contributed by atoms with van der Waals surface area (Å²) in [5.41, 5.74) is 4.38. The van der Waals surface area contributed by atoms with Crippen LogP contribution in [0.4, 0.5) is 0 Å². The van der Waals surface area contributed by atoms with E-state index >= 15 is 0 Å². The molecule has 24 heteroatoms. The minimum absolute atomic E-state index is 0. The smallest absolute Gasteiger partial charge is 0.548 e. The number of fused-ring (bicyclic) bond motifs is 4. The Kier molecular flexibility index (Phi) is 33.7. The van der Waals surface area contributed by atoms with E-state index < -0.39 is 72.1 Å². The molecule has 0 saturated carbocycles. The zero-order chi connectivity index (χ0) is 55.2. The second-order valence-corrected chi connectivity index (χ2v) is 19.7. The third kappa shape index (κ3) is 22.4. The average molecular weight is 1360 g/mol. The Morgan fingerprint density at radius 1 is 0.442 bits per heavy atom. The summed E-state index contributed by atoms with van der Waals surface area (Å²) in [6.07, 6.45) is 4.39. The number of nitrogens with one attached hydrogen (secondary N) is 2. The van der Waals surface area contributed by atoms with E-state index in [-0.39, 0.29) is 191 Å². The zero-order valence-corrected chi connectivity index (χ0v) is 50.2. The Balaban J connectivity index is 0.0000101. The molecule has 6 atom stereocenters. The number of aliphatic carboxylic acids is 6. The molecule has 3 N–H and O–H groups in total. The molecule has 430 valence electrons. The van der Waals surface area contributed by atoms with Crippen LogP contribution in [0.3, 0.4) is 0 Å². The van der Waals surface area contributed by atoms with Crippen molar-refractivity contribution in [3.8, 4) is 0 Å². The Hall–Kier alpha value is -2.55. The summed E-state index contributed by atoms with van der Waals surface area (Å²) in [6.45, 7) is 14.7. The van der Waals surface area contributed by atoms with Crippen molar-refractivity contribution in [2.75, 3.05) is 72.1 Å². The maximum atomic E-state index is 12.5. The van der Waals surface area contributed by atoms with Crippen LogP contribution in [0, 0.1) is 79.9 Å². The van der Waals surface area contributed by atoms with Gasteiger partial charge in [-0.2, -0.15) is 0 Å². The minimum Gasteiger partial charge on any atom is -0.548 e. The first-order chi connectivity index (χ1) is 35.9. The molecule has 2 aliphatic rings. The number of carbonyl (C=O) groups excluding carboxylic acids is 5. The van der Waals surface area contributed by atoms with Crippen molar-refractivity contribution in [1.82, 2.24) is 50.0 Å². The van der Waals surface area contributed by atoms with Gasteiger partial charge < -0.3 is 65.2 Å². The van der Waals surface area contributed by atoms with Crippen molar-refractivity contribution >= 4 is 35.8 Å². The Morgan fingerprint density at radius 3 is 0.909 bits per heavy atom. The average Bonchev–Trinajstić information content (AvgIpc) is 3.34. The first kappa shape index (κ1) is 70.6. The number of carboxylic acid groups (broad SMARTS) is 6. The second kappa shape index (κ2) is 36.7. The molecule has 6 unspecified atom stereocenters. The SMILES string of the molecule is CCC(C(=O)[O-])N1CCN(C(CC)C(=O)[O-])Cc2cc(CCCNCNCCCc3cc4nc(c3)CN(C(CC)C(=O)O)CCN(C(CC)C(=O)[O-])CCN(C(CC)C(=O)[O-])C4)cc(n2)CN(C(CC)C(=O)[O-])CC1.[Gd+3].[Gd+3]. The number of hydrogen-bond acceptors (Lipinski definition) is 21. The molecule has 0 aromatic carbocycles. The van der Waals surface area contributed by atoms with E-state index in [1.165, 1.54) is 0 Å². The van der Waals surface area contributed by atoms with Crippen LogP contribution in [-0.4, -0.2) is 189 Å². The van der Waals surface area contributed by atoms with Crippen LogP contribution in [0.2, 0.25) is 0 Å². The zero-order valence-electron chi connectivity index (χ0n) is 45.7. The summed E-state index contributed by atoms with van der Waals surface area (Å²) >= 11 is 0. The molecule has 0 saturated heterocycles. The maximum absolute atomic E-state index is 12.5. The minimum atomic E-state index is -1.26. The van der Waals surface area contributed by atoms with Crippen LogP contribution in [0.1, 0.15) is 127 Å².